The third-order valence-corrected chi connectivity index (χ3v) is 3.21. The molecule has 3 rings (SSSR count). The number of nitrogens with zero attached hydrogens (tertiary/aromatic N) is 6. The molecule has 0 radical (unpaired) electrons. The molecule has 1 unspecified atom stereocenters. The highest BCUT2D eigenvalue weighted by molar-refractivity contribution is 5.54. The number of hydrogen-bond acceptors (Lipinski definition) is 6. The number of aromatic nitrogens is 6. The number of fused-ring (bicyclic) bond motifs is 1. The third-order valence-electron chi connectivity index (χ3n) is 3.21. The second-order valence-corrected chi connectivity index (χ2v) is 4.49. The van der Waals surface area contributed by atoms with Crippen molar-refractivity contribution in [3.05, 3.63) is 42.2 Å². The molecule has 3 N–H and O–H groups in total. The summed E-state index contributed by atoms with van der Waals surface area (Å²) in [5, 5.41) is 12.4. The van der Waals surface area contributed by atoms with E-state index in [0.29, 0.717) is 0 Å². The Balaban J connectivity index is 2.07. The molecule has 104 valence electrons. The summed E-state index contributed by atoms with van der Waals surface area (Å²) < 4.78 is 3.62. The Morgan fingerprint density at radius 2 is 2.25 bits per heavy atom. The summed E-state index contributed by atoms with van der Waals surface area (Å²) in [4.78, 5) is 4.14. The number of nitrogens with one attached hydrogen (secondary N) is 1. The Morgan fingerprint density at radius 1 is 1.35 bits per heavy atom. The van der Waals surface area contributed by atoms with E-state index in [2.05, 4.69) is 32.7 Å². The zero-order valence-corrected chi connectivity index (χ0v) is 11.1. The molecule has 0 saturated carbocycles. The number of hydrogen-bond donors (Lipinski definition) is 2. The van der Waals surface area contributed by atoms with E-state index in [1.165, 1.54) is 0 Å². The first kappa shape index (κ1) is 12.7. The Hall–Kier alpha value is -2.32. The van der Waals surface area contributed by atoms with Crippen LogP contribution in [0, 0.1) is 0 Å². The maximum absolute atomic E-state index is 5.73. The number of rotatable bonds is 5. The van der Waals surface area contributed by atoms with Gasteiger partial charge in [-0.2, -0.15) is 5.10 Å². The van der Waals surface area contributed by atoms with Crippen molar-refractivity contribution >= 4 is 5.52 Å². The van der Waals surface area contributed by atoms with Crippen LogP contribution in [-0.2, 0) is 6.54 Å². The fourth-order valence-electron chi connectivity index (χ4n) is 2.28. The molecule has 3 heterocycles. The van der Waals surface area contributed by atoms with Gasteiger partial charge in [0.2, 0.25) is 0 Å². The van der Waals surface area contributed by atoms with Crippen LogP contribution in [0.25, 0.3) is 5.52 Å². The van der Waals surface area contributed by atoms with Gasteiger partial charge in [-0.1, -0.05) is 12.1 Å². The van der Waals surface area contributed by atoms with Gasteiger partial charge in [0.05, 0.1) is 35.8 Å². The van der Waals surface area contributed by atoms with Crippen LogP contribution in [0.15, 0.2) is 31.0 Å². The van der Waals surface area contributed by atoms with Gasteiger partial charge in [-0.05, 0) is 6.42 Å². The largest absolute Gasteiger partial charge is 0.271 e. The topological polar surface area (TPSA) is 99.0 Å². The Labute approximate surface area is 115 Å². The molecular formula is C12H16N8. The van der Waals surface area contributed by atoms with E-state index in [-0.39, 0.29) is 6.04 Å². The molecule has 8 nitrogen and oxygen atoms in total. The minimum atomic E-state index is -0.224. The van der Waals surface area contributed by atoms with Gasteiger partial charge in [0.1, 0.15) is 0 Å². The van der Waals surface area contributed by atoms with E-state index in [1.807, 2.05) is 4.68 Å². The van der Waals surface area contributed by atoms with Crippen LogP contribution in [-0.4, -0.2) is 29.6 Å². The lowest BCUT2D eigenvalue weighted by Gasteiger charge is -2.15. The van der Waals surface area contributed by atoms with Crippen molar-refractivity contribution in [3.63, 3.8) is 0 Å². The number of hydrazine groups is 1. The van der Waals surface area contributed by atoms with Gasteiger partial charge in [-0.15, -0.1) is 5.10 Å². The van der Waals surface area contributed by atoms with Gasteiger partial charge in [0.25, 0.3) is 0 Å². The second kappa shape index (κ2) is 5.35. The molecule has 1 atom stereocenters. The fourth-order valence-corrected chi connectivity index (χ4v) is 2.28. The molecule has 0 aliphatic carbocycles. The highest BCUT2D eigenvalue weighted by Gasteiger charge is 2.21. The second-order valence-electron chi connectivity index (χ2n) is 4.49. The quantitative estimate of drug-likeness (QED) is 0.511. The van der Waals surface area contributed by atoms with Crippen LogP contribution in [0.4, 0.5) is 0 Å². The van der Waals surface area contributed by atoms with E-state index in [4.69, 9.17) is 5.84 Å². The average molecular weight is 272 g/mol. The molecule has 3 aromatic rings. The van der Waals surface area contributed by atoms with Crippen molar-refractivity contribution in [2.24, 2.45) is 5.84 Å². The molecule has 3 aromatic heterocycles. The summed E-state index contributed by atoms with van der Waals surface area (Å²) in [7, 11) is 0. The predicted molar refractivity (Wildman–Crippen MR) is 72.5 cm³/mol. The Bertz CT molecular complexity index is 700. The summed E-state index contributed by atoms with van der Waals surface area (Å²) in [6.07, 6.45) is 9.74. The molecular weight excluding hydrogens is 256 g/mol. The maximum Gasteiger partial charge on any atom is 0.0931 e. The SMILES string of the molecule is CCCn1nncc1C(NN)c1cnn2ccncc12. The standard InChI is InChI=1S/C12H16N8/c1-2-4-20-11(8-15-18-20)12(17-13)9-6-16-19-5-3-14-7-10(9)19/h3,5-8,12,17H,2,4,13H2,1H3. The van der Waals surface area contributed by atoms with Crippen LogP contribution in [0.5, 0.6) is 0 Å². The van der Waals surface area contributed by atoms with Crippen LogP contribution in [0.2, 0.25) is 0 Å². The molecule has 0 aliphatic rings. The molecule has 0 bridgehead atoms. The summed E-state index contributed by atoms with van der Waals surface area (Å²) in [5.74, 6) is 5.73. The lowest BCUT2D eigenvalue weighted by molar-refractivity contribution is 0.513. The summed E-state index contributed by atoms with van der Waals surface area (Å²) >= 11 is 0. The van der Waals surface area contributed by atoms with E-state index < -0.39 is 0 Å². The minimum absolute atomic E-state index is 0.224. The van der Waals surface area contributed by atoms with E-state index >= 15 is 0 Å². The van der Waals surface area contributed by atoms with Gasteiger partial charge < -0.3 is 0 Å². The summed E-state index contributed by atoms with van der Waals surface area (Å²) in [5.41, 5.74) is 5.57. The molecule has 0 aromatic carbocycles. The molecule has 0 spiro atoms. The molecule has 8 heteroatoms. The van der Waals surface area contributed by atoms with Gasteiger partial charge in [-0.3, -0.25) is 10.8 Å². The number of nitrogens with two attached hydrogens (primary N) is 1. The van der Waals surface area contributed by atoms with Crippen molar-refractivity contribution in [3.8, 4) is 0 Å². The van der Waals surface area contributed by atoms with Gasteiger partial charge >= 0.3 is 0 Å². The first-order valence-electron chi connectivity index (χ1n) is 6.47. The van der Waals surface area contributed by atoms with E-state index in [0.717, 1.165) is 29.7 Å². The van der Waals surface area contributed by atoms with Crippen LogP contribution in [0.1, 0.15) is 30.6 Å². The average Bonchev–Trinajstić information content (AvgIpc) is 3.09. The summed E-state index contributed by atoms with van der Waals surface area (Å²) in [6.45, 7) is 2.89. The van der Waals surface area contributed by atoms with Crippen LogP contribution >= 0.6 is 0 Å². The number of aryl methyl sites for hydroxylation is 1. The molecule has 0 aliphatic heterocycles. The molecule has 0 saturated heterocycles. The fraction of sp³-hybridized carbons (Fsp3) is 0.333. The molecule has 0 fully saturated rings. The van der Waals surface area contributed by atoms with E-state index in [9.17, 15) is 0 Å². The smallest absolute Gasteiger partial charge is 0.0931 e. The van der Waals surface area contributed by atoms with Crippen LogP contribution in [0.3, 0.4) is 0 Å². The van der Waals surface area contributed by atoms with Gasteiger partial charge in [0, 0.05) is 24.5 Å². The Morgan fingerprint density at radius 3 is 3.05 bits per heavy atom. The van der Waals surface area contributed by atoms with Crippen molar-refractivity contribution in [1.82, 2.24) is 35.0 Å². The van der Waals surface area contributed by atoms with Crippen LogP contribution < -0.4 is 11.3 Å². The monoisotopic (exact) mass is 272 g/mol. The predicted octanol–water partition coefficient (Wildman–Crippen LogP) is 0.284. The van der Waals surface area contributed by atoms with Crippen molar-refractivity contribution in [2.45, 2.75) is 25.9 Å². The first-order valence-corrected chi connectivity index (χ1v) is 6.47. The van der Waals surface area contributed by atoms with Crippen molar-refractivity contribution in [1.29, 1.82) is 0 Å². The lowest BCUT2D eigenvalue weighted by Crippen LogP contribution is -2.30. The first-order chi connectivity index (χ1) is 9.85. The maximum atomic E-state index is 5.73. The van der Waals surface area contributed by atoms with E-state index in [1.54, 1.807) is 35.5 Å². The Kier molecular flexibility index (Phi) is 3.40. The zero-order valence-electron chi connectivity index (χ0n) is 11.1. The normalized spacial score (nSPS) is 12.9. The zero-order chi connectivity index (χ0) is 13.9. The summed E-state index contributed by atoms with van der Waals surface area (Å²) in [6, 6.07) is -0.224. The molecule has 0 amide bonds. The highest BCUT2D eigenvalue weighted by atomic mass is 15.4. The van der Waals surface area contributed by atoms with Gasteiger partial charge in [0.15, 0.2) is 0 Å². The van der Waals surface area contributed by atoms with Crippen molar-refractivity contribution in [2.75, 3.05) is 0 Å². The molecule has 20 heavy (non-hydrogen) atoms. The van der Waals surface area contributed by atoms with Gasteiger partial charge in [-0.25, -0.2) is 14.6 Å². The highest BCUT2D eigenvalue weighted by Crippen LogP contribution is 2.24. The van der Waals surface area contributed by atoms with Crippen molar-refractivity contribution < 1.29 is 0 Å². The lowest BCUT2D eigenvalue weighted by atomic mass is 10.1. The third kappa shape index (κ3) is 2.04. The minimum Gasteiger partial charge on any atom is -0.271 e.